The molecule has 0 aliphatic carbocycles. The highest BCUT2D eigenvalue weighted by Gasteiger charge is 2.26. The summed E-state index contributed by atoms with van der Waals surface area (Å²) in [7, 11) is -2.69. The van der Waals surface area contributed by atoms with E-state index in [-0.39, 0.29) is 26.1 Å². The molecule has 9 nitrogen and oxygen atoms in total. The first-order valence-corrected chi connectivity index (χ1v) is 22.7. The summed E-state index contributed by atoms with van der Waals surface area (Å²) < 4.78 is 33.1. The van der Waals surface area contributed by atoms with Gasteiger partial charge in [-0.15, -0.1) is 0 Å². The predicted octanol–water partition coefficient (Wildman–Crippen LogP) is 12.1. The largest absolute Gasteiger partial charge is 0.472 e. The molecule has 0 spiro atoms. The lowest BCUT2D eigenvalue weighted by molar-refractivity contribution is -0.161. The molecule has 318 valence electrons. The van der Waals surface area contributed by atoms with E-state index >= 15 is 0 Å². The molecule has 0 heterocycles. The molecule has 2 atom stereocenters. The Labute approximate surface area is 340 Å². The van der Waals surface area contributed by atoms with Crippen LogP contribution in [0, 0.1) is 0 Å². The molecule has 0 radical (unpaired) electrons. The molecular weight excluding hydrogens is 725 g/mol. The number of hydrogen-bond donors (Lipinski definition) is 2. The molecule has 10 heteroatoms. The van der Waals surface area contributed by atoms with Crippen molar-refractivity contribution < 1.29 is 37.6 Å². The first-order chi connectivity index (χ1) is 27.3. The Hall–Kier alpha value is -3.07. The van der Waals surface area contributed by atoms with Gasteiger partial charge in [0.25, 0.3) is 0 Å². The van der Waals surface area contributed by atoms with Crippen molar-refractivity contribution in [2.24, 2.45) is 0 Å². The standard InChI is InChI=1S/C46H76NO8P/c1-4-6-8-10-12-14-16-18-20-21-22-23-25-26-28-30-32-34-36-38-45(48)52-42-44(43-54-56(50,51)53-41-40-47-3)55-46(49)39-37-35-33-31-29-27-24-19-17-15-13-11-9-7-5-2/h7,9,12-15,18-20,22-24,26,28-29,31,44,47H,4-6,8,10-11,16-17,21,25,27,30,32-43H2,1-3H3,(H,50,51)/b9-7-,14-12-,15-13-,20-18-,23-22-,24-19-,28-26-,31-29-. The van der Waals surface area contributed by atoms with E-state index in [0.717, 1.165) is 77.0 Å². The lowest BCUT2D eigenvalue weighted by Crippen LogP contribution is -2.29. The number of rotatable bonds is 38. The van der Waals surface area contributed by atoms with Gasteiger partial charge < -0.3 is 19.7 Å². The van der Waals surface area contributed by atoms with E-state index in [1.54, 1.807) is 7.05 Å². The van der Waals surface area contributed by atoms with Gasteiger partial charge in [-0.1, -0.05) is 130 Å². The summed E-state index contributed by atoms with van der Waals surface area (Å²) in [4.78, 5) is 35.0. The van der Waals surface area contributed by atoms with E-state index < -0.39 is 32.5 Å². The van der Waals surface area contributed by atoms with Gasteiger partial charge in [-0.25, -0.2) is 4.57 Å². The molecule has 0 rings (SSSR count). The quantitative estimate of drug-likeness (QED) is 0.0272. The number of allylic oxidation sites excluding steroid dienone is 16. The van der Waals surface area contributed by atoms with Gasteiger partial charge >= 0.3 is 19.8 Å². The van der Waals surface area contributed by atoms with Crippen molar-refractivity contribution in [1.29, 1.82) is 0 Å². The van der Waals surface area contributed by atoms with Gasteiger partial charge in [0.15, 0.2) is 6.10 Å². The Morgan fingerprint density at radius 2 is 1.02 bits per heavy atom. The third-order valence-corrected chi connectivity index (χ3v) is 9.17. The monoisotopic (exact) mass is 802 g/mol. The van der Waals surface area contributed by atoms with Crippen molar-refractivity contribution in [2.75, 3.05) is 33.4 Å². The Morgan fingerprint density at radius 1 is 0.571 bits per heavy atom. The lowest BCUT2D eigenvalue weighted by Gasteiger charge is -2.20. The van der Waals surface area contributed by atoms with Crippen molar-refractivity contribution >= 4 is 19.8 Å². The van der Waals surface area contributed by atoms with Gasteiger partial charge in [-0.05, 0) is 103 Å². The number of carbonyl (C=O) groups excluding carboxylic acids is 2. The summed E-state index contributed by atoms with van der Waals surface area (Å²) in [6.07, 6.45) is 51.7. The van der Waals surface area contributed by atoms with E-state index in [2.05, 4.69) is 116 Å². The average Bonchev–Trinajstić information content (AvgIpc) is 3.18. The lowest BCUT2D eigenvalue weighted by atomic mass is 10.1. The number of ether oxygens (including phenoxy) is 2. The van der Waals surface area contributed by atoms with E-state index in [0.29, 0.717) is 19.4 Å². The average molecular weight is 802 g/mol. The van der Waals surface area contributed by atoms with Crippen LogP contribution in [0.15, 0.2) is 97.2 Å². The normalized spacial score (nSPS) is 14.3. The van der Waals surface area contributed by atoms with E-state index in [1.165, 1.54) is 25.7 Å². The number of phosphoric ester groups is 1. The van der Waals surface area contributed by atoms with Crippen molar-refractivity contribution in [3.8, 4) is 0 Å². The Balaban J connectivity index is 4.39. The number of unbranched alkanes of at least 4 members (excludes halogenated alkanes) is 8. The summed E-state index contributed by atoms with van der Waals surface area (Å²) in [5.74, 6) is -0.903. The minimum atomic E-state index is -4.37. The van der Waals surface area contributed by atoms with Crippen LogP contribution in [0.2, 0.25) is 0 Å². The molecule has 56 heavy (non-hydrogen) atoms. The van der Waals surface area contributed by atoms with Crippen LogP contribution in [0.25, 0.3) is 0 Å². The maximum Gasteiger partial charge on any atom is 0.472 e. The SMILES string of the molecule is CC/C=C\C/C=C\C/C=C\C/C=C\CCCCC(=O)OC(COC(=O)CCCCC/C=C\C/C=C\C/C=C\C/C=C\CCCCC)COP(=O)(O)OCCNC. The fraction of sp³-hybridized carbons (Fsp3) is 0.609. The fourth-order valence-corrected chi connectivity index (χ4v) is 5.75. The number of carbonyl (C=O) groups is 2. The zero-order valence-electron chi connectivity index (χ0n) is 35.0. The topological polar surface area (TPSA) is 120 Å². The van der Waals surface area contributed by atoms with Crippen LogP contribution in [0.4, 0.5) is 0 Å². The van der Waals surface area contributed by atoms with Gasteiger partial charge in [0, 0.05) is 19.4 Å². The van der Waals surface area contributed by atoms with E-state index in [1.807, 2.05) is 0 Å². The second-order valence-corrected chi connectivity index (χ2v) is 14.9. The first-order valence-electron chi connectivity index (χ1n) is 21.2. The van der Waals surface area contributed by atoms with E-state index in [9.17, 15) is 19.0 Å². The second kappa shape index (κ2) is 41.6. The number of likely N-dealkylation sites (N-methyl/N-ethyl adjacent to an activating group) is 1. The summed E-state index contributed by atoms with van der Waals surface area (Å²) >= 11 is 0. The molecule has 0 amide bonds. The molecule has 2 unspecified atom stereocenters. The van der Waals surface area contributed by atoms with Crippen molar-refractivity contribution in [2.45, 2.75) is 148 Å². The van der Waals surface area contributed by atoms with Gasteiger partial charge in [-0.2, -0.15) is 0 Å². The van der Waals surface area contributed by atoms with Crippen LogP contribution in [0.5, 0.6) is 0 Å². The van der Waals surface area contributed by atoms with Gasteiger partial charge in [0.2, 0.25) is 0 Å². The van der Waals surface area contributed by atoms with Crippen LogP contribution in [0.3, 0.4) is 0 Å². The highest BCUT2D eigenvalue weighted by atomic mass is 31.2. The van der Waals surface area contributed by atoms with Crippen LogP contribution >= 0.6 is 7.82 Å². The third kappa shape index (κ3) is 40.6. The molecule has 0 saturated heterocycles. The maximum atomic E-state index is 12.6. The van der Waals surface area contributed by atoms with Gasteiger partial charge in [0.1, 0.15) is 6.61 Å². The highest BCUT2D eigenvalue weighted by Crippen LogP contribution is 2.43. The highest BCUT2D eigenvalue weighted by molar-refractivity contribution is 7.47. The first kappa shape index (κ1) is 52.9. The Morgan fingerprint density at radius 3 is 1.52 bits per heavy atom. The molecular formula is C46H76NO8P. The van der Waals surface area contributed by atoms with Crippen LogP contribution < -0.4 is 5.32 Å². The minimum absolute atomic E-state index is 0.0363. The predicted molar refractivity (Wildman–Crippen MR) is 233 cm³/mol. The Kier molecular flexibility index (Phi) is 39.3. The van der Waals surface area contributed by atoms with Crippen molar-refractivity contribution in [3.05, 3.63) is 97.2 Å². The molecule has 2 N–H and O–H groups in total. The summed E-state index contributed by atoms with van der Waals surface area (Å²) in [6.45, 7) is 3.96. The molecule has 0 bridgehead atoms. The molecule has 0 aromatic carbocycles. The maximum absolute atomic E-state index is 12.6. The number of hydrogen-bond acceptors (Lipinski definition) is 8. The third-order valence-electron chi connectivity index (χ3n) is 8.19. The minimum Gasteiger partial charge on any atom is -0.462 e. The molecule has 0 fully saturated rings. The summed E-state index contributed by atoms with van der Waals surface area (Å²) in [6, 6.07) is 0. The fourth-order valence-electron chi connectivity index (χ4n) is 5.00. The zero-order chi connectivity index (χ0) is 41.1. The van der Waals surface area contributed by atoms with Gasteiger partial charge in [0.05, 0.1) is 13.2 Å². The summed E-state index contributed by atoms with van der Waals surface area (Å²) in [5, 5.41) is 2.81. The van der Waals surface area contributed by atoms with Crippen molar-refractivity contribution in [1.82, 2.24) is 5.32 Å². The molecule has 0 aliphatic heterocycles. The van der Waals surface area contributed by atoms with Crippen LogP contribution in [-0.4, -0.2) is 56.3 Å². The molecule has 0 aromatic heterocycles. The summed E-state index contributed by atoms with van der Waals surface area (Å²) in [5.41, 5.74) is 0. The number of nitrogens with one attached hydrogen (secondary N) is 1. The Bertz CT molecular complexity index is 1230. The van der Waals surface area contributed by atoms with Gasteiger partial charge in [-0.3, -0.25) is 18.6 Å². The molecule has 0 saturated carbocycles. The van der Waals surface area contributed by atoms with E-state index in [4.69, 9.17) is 18.5 Å². The van der Waals surface area contributed by atoms with Crippen molar-refractivity contribution in [3.63, 3.8) is 0 Å². The van der Waals surface area contributed by atoms with Crippen LogP contribution in [-0.2, 0) is 32.7 Å². The molecule has 0 aromatic rings. The zero-order valence-corrected chi connectivity index (χ0v) is 35.9. The van der Waals surface area contributed by atoms with Crippen LogP contribution in [0.1, 0.15) is 142 Å². The smallest absolute Gasteiger partial charge is 0.462 e. The number of esters is 2. The number of phosphoric acid groups is 1. The molecule has 0 aliphatic rings. The second-order valence-electron chi connectivity index (χ2n) is 13.4.